The standard InChI is InChI=1S/C12H14BrN5/c1-9-2-3-14-12(16-9)17-5-10(6-17)7-18-8-11(13)4-15-18/h2-4,8,10H,5-7H2,1H3. The van der Waals surface area contributed by atoms with Gasteiger partial charge in [0.2, 0.25) is 5.95 Å². The summed E-state index contributed by atoms with van der Waals surface area (Å²) < 4.78 is 3.00. The van der Waals surface area contributed by atoms with Crippen LogP contribution in [-0.4, -0.2) is 32.8 Å². The molecule has 0 unspecified atom stereocenters. The fourth-order valence-electron chi connectivity index (χ4n) is 2.14. The molecule has 1 saturated heterocycles. The van der Waals surface area contributed by atoms with Gasteiger partial charge in [0.1, 0.15) is 0 Å². The SMILES string of the molecule is Cc1ccnc(N2CC(Cn3cc(Br)cn3)C2)n1. The molecule has 0 saturated carbocycles. The maximum absolute atomic E-state index is 4.43. The first kappa shape index (κ1) is 11.6. The molecular formula is C12H14BrN5. The van der Waals surface area contributed by atoms with Gasteiger partial charge in [0.05, 0.1) is 10.7 Å². The van der Waals surface area contributed by atoms with E-state index in [9.17, 15) is 0 Å². The average molecular weight is 308 g/mol. The average Bonchev–Trinajstić information content (AvgIpc) is 2.69. The van der Waals surface area contributed by atoms with Crippen LogP contribution in [-0.2, 0) is 6.54 Å². The molecular weight excluding hydrogens is 294 g/mol. The number of nitrogens with zero attached hydrogens (tertiary/aromatic N) is 5. The van der Waals surface area contributed by atoms with Crippen molar-refractivity contribution < 1.29 is 0 Å². The molecule has 0 amide bonds. The van der Waals surface area contributed by atoms with Crippen LogP contribution in [0.1, 0.15) is 5.69 Å². The van der Waals surface area contributed by atoms with E-state index in [4.69, 9.17) is 0 Å². The Bertz CT molecular complexity index is 547. The number of aromatic nitrogens is 4. The number of rotatable bonds is 3. The molecule has 3 rings (SSSR count). The molecule has 94 valence electrons. The second-order valence-electron chi connectivity index (χ2n) is 4.65. The molecule has 2 aromatic heterocycles. The predicted octanol–water partition coefficient (Wildman–Crippen LogP) is 1.88. The van der Waals surface area contributed by atoms with Gasteiger partial charge in [0, 0.05) is 43.6 Å². The molecule has 0 N–H and O–H groups in total. The van der Waals surface area contributed by atoms with Gasteiger partial charge in [-0.1, -0.05) is 0 Å². The highest BCUT2D eigenvalue weighted by Gasteiger charge is 2.29. The Labute approximate surface area is 114 Å². The van der Waals surface area contributed by atoms with Crippen LogP contribution >= 0.6 is 15.9 Å². The molecule has 0 atom stereocenters. The first-order valence-corrected chi connectivity index (χ1v) is 6.72. The molecule has 0 bridgehead atoms. The third kappa shape index (κ3) is 2.38. The zero-order valence-corrected chi connectivity index (χ0v) is 11.7. The van der Waals surface area contributed by atoms with Crippen LogP contribution in [0.5, 0.6) is 0 Å². The fourth-order valence-corrected chi connectivity index (χ4v) is 2.47. The lowest BCUT2D eigenvalue weighted by atomic mass is 10.0. The summed E-state index contributed by atoms with van der Waals surface area (Å²) in [4.78, 5) is 10.9. The first-order valence-electron chi connectivity index (χ1n) is 5.93. The summed E-state index contributed by atoms with van der Waals surface area (Å²) in [5, 5.41) is 4.27. The Morgan fingerprint density at radius 1 is 1.44 bits per heavy atom. The number of anilines is 1. The largest absolute Gasteiger partial charge is 0.340 e. The van der Waals surface area contributed by atoms with E-state index in [0.717, 1.165) is 35.7 Å². The summed E-state index contributed by atoms with van der Waals surface area (Å²) in [6.07, 6.45) is 5.64. The van der Waals surface area contributed by atoms with E-state index in [1.165, 1.54) is 0 Å². The second kappa shape index (κ2) is 4.68. The van der Waals surface area contributed by atoms with Gasteiger partial charge in [0.25, 0.3) is 0 Å². The molecule has 6 heteroatoms. The number of aryl methyl sites for hydroxylation is 1. The van der Waals surface area contributed by atoms with Gasteiger partial charge in [-0.15, -0.1) is 0 Å². The monoisotopic (exact) mass is 307 g/mol. The number of hydrogen-bond donors (Lipinski definition) is 0. The van der Waals surface area contributed by atoms with Crippen molar-refractivity contribution in [3.8, 4) is 0 Å². The second-order valence-corrected chi connectivity index (χ2v) is 5.57. The quantitative estimate of drug-likeness (QED) is 0.868. The van der Waals surface area contributed by atoms with Crippen LogP contribution in [0.4, 0.5) is 5.95 Å². The maximum atomic E-state index is 4.43. The smallest absolute Gasteiger partial charge is 0.225 e. The minimum Gasteiger partial charge on any atom is -0.340 e. The van der Waals surface area contributed by atoms with E-state index in [1.807, 2.05) is 36.3 Å². The third-order valence-electron chi connectivity index (χ3n) is 3.07. The van der Waals surface area contributed by atoms with Crippen molar-refractivity contribution in [2.45, 2.75) is 13.5 Å². The van der Waals surface area contributed by atoms with Crippen LogP contribution in [0.25, 0.3) is 0 Å². The van der Waals surface area contributed by atoms with Crippen molar-refractivity contribution in [3.05, 3.63) is 34.8 Å². The zero-order chi connectivity index (χ0) is 12.5. The van der Waals surface area contributed by atoms with E-state index in [1.54, 1.807) is 0 Å². The van der Waals surface area contributed by atoms with Crippen LogP contribution in [0.2, 0.25) is 0 Å². The zero-order valence-electron chi connectivity index (χ0n) is 10.1. The Balaban J connectivity index is 1.57. The third-order valence-corrected chi connectivity index (χ3v) is 3.48. The summed E-state index contributed by atoms with van der Waals surface area (Å²) in [6.45, 7) is 4.94. The molecule has 0 spiro atoms. The summed E-state index contributed by atoms with van der Waals surface area (Å²) in [6, 6.07) is 1.92. The van der Waals surface area contributed by atoms with E-state index >= 15 is 0 Å². The molecule has 5 nitrogen and oxygen atoms in total. The Kier molecular flexibility index (Phi) is 3.03. The first-order chi connectivity index (χ1) is 8.70. The Morgan fingerprint density at radius 3 is 2.94 bits per heavy atom. The van der Waals surface area contributed by atoms with Crippen molar-refractivity contribution in [2.24, 2.45) is 5.92 Å². The van der Waals surface area contributed by atoms with Gasteiger partial charge in [-0.25, -0.2) is 9.97 Å². The van der Waals surface area contributed by atoms with Crippen molar-refractivity contribution in [3.63, 3.8) is 0 Å². The maximum Gasteiger partial charge on any atom is 0.225 e. The molecule has 0 aliphatic carbocycles. The lowest BCUT2D eigenvalue weighted by Crippen LogP contribution is -2.49. The summed E-state index contributed by atoms with van der Waals surface area (Å²) in [7, 11) is 0. The van der Waals surface area contributed by atoms with Gasteiger partial charge in [-0.2, -0.15) is 5.10 Å². The minimum absolute atomic E-state index is 0.626. The minimum atomic E-state index is 0.626. The summed E-state index contributed by atoms with van der Waals surface area (Å²) in [5.41, 5.74) is 1.01. The molecule has 2 aromatic rings. The Hall–Kier alpha value is -1.43. The molecule has 18 heavy (non-hydrogen) atoms. The summed E-state index contributed by atoms with van der Waals surface area (Å²) >= 11 is 3.40. The van der Waals surface area contributed by atoms with Gasteiger partial charge in [-0.3, -0.25) is 4.68 Å². The molecule has 0 radical (unpaired) electrons. The van der Waals surface area contributed by atoms with Gasteiger partial charge in [0.15, 0.2) is 0 Å². The van der Waals surface area contributed by atoms with Gasteiger partial charge >= 0.3 is 0 Å². The lowest BCUT2D eigenvalue weighted by Gasteiger charge is -2.39. The van der Waals surface area contributed by atoms with Crippen molar-refractivity contribution in [2.75, 3.05) is 18.0 Å². The lowest BCUT2D eigenvalue weighted by molar-refractivity contribution is 0.338. The molecule has 1 aliphatic rings. The molecule has 0 aromatic carbocycles. The normalized spacial score (nSPS) is 15.8. The highest BCUT2D eigenvalue weighted by molar-refractivity contribution is 9.10. The van der Waals surface area contributed by atoms with Crippen molar-refractivity contribution in [1.82, 2.24) is 19.7 Å². The summed E-state index contributed by atoms with van der Waals surface area (Å²) in [5.74, 6) is 1.47. The molecule has 3 heterocycles. The predicted molar refractivity (Wildman–Crippen MR) is 72.4 cm³/mol. The van der Waals surface area contributed by atoms with E-state index in [0.29, 0.717) is 5.92 Å². The molecule has 1 aliphatic heterocycles. The van der Waals surface area contributed by atoms with Gasteiger partial charge in [-0.05, 0) is 28.9 Å². The van der Waals surface area contributed by atoms with E-state index in [2.05, 4.69) is 35.9 Å². The van der Waals surface area contributed by atoms with E-state index < -0.39 is 0 Å². The van der Waals surface area contributed by atoms with Crippen molar-refractivity contribution in [1.29, 1.82) is 0 Å². The van der Waals surface area contributed by atoms with Crippen LogP contribution in [0, 0.1) is 12.8 Å². The van der Waals surface area contributed by atoms with Crippen LogP contribution < -0.4 is 4.90 Å². The molecule has 1 fully saturated rings. The van der Waals surface area contributed by atoms with Crippen LogP contribution in [0.15, 0.2) is 29.1 Å². The van der Waals surface area contributed by atoms with Crippen LogP contribution in [0.3, 0.4) is 0 Å². The highest BCUT2D eigenvalue weighted by Crippen LogP contribution is 2.22. The van der Waals surface area contributed by atoms with E-state index in [-0.39, 0.29) is 0 Å². The van der Waals surface area contributed by atoms with Gasteiger partial charge < -0.3 is 4.90 Å². The van der Waals surface area contributed by atoms with Crippen molar-refractivity contribution >= 4 is 21.9 Å². The Morgan fingerprint density at radius 2 is 2.28 bits per heavy atom. The number of hydrogen-bond acceptors (Lipinski definition) is 4. The fraction of sp³-hybridized carbons (Fsp3) is 0.417. The highest BCUT2D eigenvalue weighted by atomic mass is 79.9. The topological polar surface area (TPSA) is 46.8 Å². The number of halogens is 1.